The predicted molar refractivity (Wildman–Crippen MR) is 130 cm³/mol. The van der Waals surface area contributed by atoms with Gasteiger partial charge in [0.05, 0.1) is 17.7 Å². The van der Waals surface area contributed by atoms with Crippen LogP contribution in [0.2, 0.25) is 0 Å². The van der Waals surface area contributed by atoms with Crippen molar-refractivity contribution in [3.63, 3.8) is 0 Å². The first-order valence-electron chi connectivity index (χ1n) is 11.6. The molecule has 0 bridgehead atoms. The van der Waals surface area contributed by atoms with Crippen molar-refractivity contribution in [1.82, 2.24) is 5.32 Å². The fraction of sp³-hybridized carbons (Fsp3) is 0.259. The van der Waals surface area contributed by atoms with E-state index in [1.54, 1.807) is 48.5 Å². The fourth-order valence-electron chi connectivity index (χ4n) is 4.20. The van der Waals surface area contributed by atoms with Gasteiger partial charge in [0, 0.05) is 23.4 Å². The van der Waals surface area contributed by atoms with Gasteiger partial charge >= 0.3 is 12.4 Å². The van der Waals surface area contributed by atoms with Crippen LogP contribution < -0.4 is 10.2 Å². The maximum absolute atomic E-state index is 13.5. The van der Waals surface area contributed by atoms with E-state index in [1.807, 2.05) is 0 Å². The Kier molecular flexibility index (Phi) is 7.77. The summed E-state index contributed by atoms with van der Waals surface area (Å²) in [5.41, 5.74) is 0.958. The van der Waals surface area contributed by atoms with Crippen LogP contribution in [0.15, 0.2) is 83.9 Å². The molecular weight excluding hydrogens is 512 g/mol. The Bertz CT molecular complexity index is 1290. The van der Waals surface area contributed by atoms with E-state index in [1.165, 1.54) is 18.2 Å². The van der Waals surface area contributed by atoms with Gasteiger partial charge in [0.2, 0.25) is 5.91 Å². The Morgan fingerprint density at radius 3 is 2.16 bits per heavy atom. The summed E-state index contributed by atoms with van der Waals surface area (Å²) >= 11 is 0. The number of hydrogen-bond acceptors (Lipinski definition) is 4. The second-order valence-electron chi connectivity index (χ2n) is 8.76. The lowest BCUT2D eigenvalue weighted by Crippen LogP contribution is -2.50. The Morgan fingerprint density at radius 2 is 1.53 bits per heavy atom. The topological polar surface area (TPSA) is 64.9 Å². The van der Waals surface area contributed by atoms with Gasteiger partial charge in [0.25, 0.3) is 0 Å². The van der Waals surface area contributed by atoms with Crippen LogP contribution >= 0.6 is 0 Å². The molecule has 200 valence electrons. The lowest BCUT2D eigenvalue weighted by molar-refractivity contribution is -0.137. The van der Waals surface area contributed by atoms with Gasteiger partial charge < -0.3 is 15.3 Å². The molecule has 0 spiro atoms. The fourth-order valence-corrected chi connectivity index (χ4v) is 4.20. The molecule has 1 heterocycles. The molecule has 3 aromatic carbocycles. The number of anilines is 1. The van der Waals surface area contributed by atoms with Crippen LogP contribution in [0.1, 0.15) is 22.3 Å². The van der Waals surface area contributed by atoms with E-state index in [-0.39, 0.29) is 18.7 Å². The average molecular weight is 535 g/mol. The first-order valence-corrected chi connectivity index (χ1v) is 11.6. The van der Waals surface area contributed by atoms with Gasteiger partial charge in [-0.05, 0) is 23.8 Å². The molecule has 0 fully saturated rings. The molecule has 0 radical (unpaired) electrons. The highest BCUT2D eigenvalue weighted by atomic mass is 19.4. The highest BCUT2D eigenvalue weighted by molar-refractivity contribution is 6.16. The summed E-state index contributed by atoms with van der Waals surface area (Å²) < 4.78 is 78.9. The van der Waals surface area contributed by atoms with Crippen molar-refractivity contribution in [1.29, 1.82) is 0 Å². The summed E-state index contributed by atoms with van der Waals surface area (Å²) in [6, 6.07) is 17.9. The van der Waals surface area contributed by atoms with Gasteiger partial charge in [0.15, 0.2) is 6.23 Å². The van der Waals surface area contributed by atoms with Gasteiger partial charge in [-0.1, -0.05) is 60.7 Å². The molecule has 1 aliphatic heterocycles. The van der Waals surface area contributed by atoms with Crippen molar-refractivity contribution < 1.29 is 36.2 Å². The molecule has 4 rings (SSSR count). The molecule has 5 nitrogen and oxygen atoms in total. The number of halogens is 6. The molecular formula is C27H23F6N3O2. The Balaban J connectivity index is 1.60. The number of rotatable bonds is 6. The number of fused-ring (bicyclic) bond motifs is 1. The molecule has 3 aromatic rings. The number of nitrogens with one attached hydrogen (secondary N) is 1. The van der Waals surface area contributed by atoms with E-state index in [4.69, 9.17) is 0 Å². The third-order valence-corrected chi connectivity index (χ3v) is 5.98. The van der Waals surface area contributed by atoms with E-state index in [9.17, 15) is 36.2 Å². The van der Waals surface area contributed by atoms with Gasteiger partial charge in [-0.2, -0.15) is 26.3 Å². The Labute approximate surface area is 214 Å². The third-order valence-electron chi connectivity index (χ3n) is 5.98. The minimum atomic E-state index is -4.64. The van der Waals surface area contributed by atoms with Crippen molar-refractivity contribution in [2.24, 2.45) is 4.99 Å². The van der Waals surface area contributed by atoms with E-state index >= 15 is 0 Å². The van der Waals surface area contributed by atoms with Crippen LogP contribution in [0.25, 0.3) is 0 Å². The average Bonchev–Trinajstić information content (AvgIpc) is 2.97. The highest BCUT2D eigenvalue weighted by Crippen LogP contribution is 2.33. The minimum Gasteiger partial charge on any atom is -0.371 e. The number of hydrogen-bond donors (Lipinski definition) is 2. The van der Waals surface area contributed by atoms with Crippen LogP contribution in [-0.4, -0.2) is 48.3 Å². The molecule has 2 N–H and O–H groups in total. The number of aliphatic hydroxyl groups excluding tert-OH is 1. The number of benzene rings is 3. The van der Waals surface area contributed by atoms with E-state index in [0.29, 0.717) is 22.4 Å². The SMILES string of the molecule is O=C(Cc1ccc(C(F)(F)F)cc1)NC[C@@H]1N=C(c2ccccc2)c2ccccc2N(CC(F)(F)F)C1O. The number of carbonyl (C=O) groups excluding carboxylic acids is 1. The zero-order valence-electron chi connectivity index (χ0n) is 19.8. The largest absolute Gasteiger partial charge is 0.416 e. The molecule has 0 aliphatic carbocycles. The quantitative estimate of drug-likeness (QED) is 0.438. The maximum atomic E-state index is 13.5. The van der Waals surface area contributed by atoms with E-state index < -0.39 is 42.6 Å². The number of carbonyl (C=O) groups is 1. The van der Waals surface area contributed by atoms with Gasteiger partial charge in [-0.3, -0.25) is 9.79 Å². The zero-order chi connectivity index (χ0) is 27.5. The second kappa shape index (κ2) is 10.9. The first kappa shape index (κ1) is 27.2. The number of alkyl halides is 6. The smallest absolute Gasteiger partial charge is 0.371 e. The van der Waals surface area contributed by atoms with Gasteiger partial charge in [0.1, 0.15) is 12.6 Å². The molecule has 1 amide bonds. The standard InChI is InChI=1S/C27H23F6N3O2/c28-26(29,30)16-36-22-9-5-4-8-20(22)24(18-6-2-1-3-7-18)35-21(25(36)38)15-34-23(37)14-17-10-12-19(13-11-17)27(31,32)33/h1-13,21,25,38H,14-16H2,(H,34,37)/t21-,25?/m0/s1. The maximum Gasteiger partial charge on any atom is 0.416 e. The number of aliphatic imine (C=N–C) groups is 1. The van der Waals surface area contributed by atoms with Gasteiger partial charge in [-0.25, -0.2) is 0 Å². The molecule has 11 heteroatoms. The van der Waals surface area contributed by atoms with Crippen LogP contribution in [0.4, 0.5) is 32.0 Å². The van der Waals surface area contributed by atoms with Crippen molar-refractivity contribution in [2.75, 3.05) is 18.0 Å². The molecule has 0 saturated heterocycles. The summed E-state index contributed by atoms with van der Waals surface area (Å²) in [6.07, 6.45) is -11.1. The zero-order valence-corrected chi connectivity index (χ0v) is 19.8. The number of amides is 1. The van der Waals surface area contributed by atoms with E-state index in [0.717, 1.165) is 17.0 Å². The number of para-hydroxylation sites is 1. The Morgan fingerprint density at radius 1 is 0.895 bits per heavy atom. The monoisotopic (exact) mass is 535 g/mol. The van der Waals surface area contributed by atoms with Crippen LogP contribution in [0.3, 0.4) is 0 Å². The first-order chi connectivity index (χ1) is 17.9. The van der Waals surface area contributed by atoms with Crippen molar-refractivity contribution >= 4 is 17.3 Å². The van der Waals surface area contributed by atoms with Crippen LogP contribution in [0, 0.1) is 0 Å². The van der Waals surface area contributed by atoms with Gasteiger partial charge in [-0.15, -0.1) is 0 Å². The van der Waals surface area contributed by atoms with Crippen molar-refractivity contribution in [3.8, 4) is 0 Å². The number of aliphatic hydroxyl groups is 1. The lowest BCUT2D eigenvalue weighted by Gasteiger charge is -2.33. The molecule has 38 heavy (non-hydrogen) atoms. The normalized spacial score (nSPS) is 17.9. The Hall–Kier alpha value is -3.86. The van der Waals surface area contributed by atoms with E-state index in [2.05, 4.69) is 10.3 Å². The molecule has 1 unspecified atom stereocenters. The summed E-state index contributed by atoms with van der Waals surface area (Å²) in [7, 11) is 0. The minimum absolute atomic E-state index is 0.138. The third kappa shape index (κ3) is 6.52. The predicted octanol–water partition coefficient (Wildman–Crippen LogP) is 4.97. The van der Waals surface area contributed by atoms with Crippen molar-refractivity contribution in [2.45, 2.75) is 31.0 Å². The summed E-state index contributed by atoms with van der Waals surface area (Å²) in [5.74, 6) is -0.586. The van der Waals surface area contributed by atoms with Crippen LogP contribution in [0.5, 0.6) is 0 Å². The second-order valence-corrected chi connectivity index (χ2v) is 8.76. The molecule has 0 saturated carbocycles. The van der Waals surface area contributed by atoms with Crippen LogP contribution in [-0.2, 0) is 17.4 Å². The number of nitrogens with zero attached hydrogens (tertiary/aromatic N) is 2. The van der Waals surface area contributed by atoms with Crippen molar-refractivity contribution in [3.05, 3.63) is 101 Å². The summed E-state index contributed by atoms with van der Waals surface area (Å²) in [6.45, 7) is -1.75. The molecule has 2 atom stereocenters. The lowest BCUT2D eigenvalue weighted by atomic mass is 10.0. The number of benzodiazepines with no additional fused rings is 1. The highest BCUT2D eigenvalue weighted by Gasteiger charge is 2.39. The molecule has 0 aromatic heterocycles. The molecule has 1 aliphatic rings. The summed E-state index contributed by atoms with van der Waals surface area (Å²) in [5, 5.41) is 13.6. The summed E-state index contributed by atoms with van der Waals surface area (Å²) in [4.78, 5) is 17.9.